The third kappa shape index (κ3) is 5.20. The highest BCUT2D eigenvalue weighted by Gasteiger charge is 2.21. The number of carbonyl (C=O) groups is 2. The molecule has 1 aromatic heterocycles. The third-order valence-electron chi connectivity index (χ3n) is 3.62. The Bertz CT molecular complexity index is 552. The van der Waals surface area contributed by atoms with Gasteiger partial charge >= 0.3 is 0 Å². The van der Waals surface area contributed by atoms with E-state index >= 15 is 0 Å². The number of ether oxygens (including phenoxy) is 1. The lowest BCUT2D eigenvalue weighted by atomic mass is 10.2. The second-order valence-electron chi connectivity index (χ2n) is 5.25. The first-order chi connectivity index (χ1) is 10.7. The van der Waals surface area contributed by atoms with Gasteiger partial charge in [0.1, 0.15) is 11.9 Å². The highest BCUT2D eigenvalue weighted by molar-refractivity contribution is 5.95. The number of hydrogen-bond donors (Lipinski definition) is 3. The second kappa shape index (κ2) is 9.63. The van der Waals surface area contributed by atoms with Gasteiger partial charge in [-0.25, -0.2) is 4.98 Å². The number of hydrogen-bond acceptors (Lipinski definition) is 6. The van der Waals surface area contributed by atoms with E-state index in [9.17, 15) is 9.59 Å². The van der Waals surface area contributed by atoms with Gasteiger partial charge in [-0.15, -0.1) is 24.8 Å². The molecule has 0 aromatic carbocycles. The number of nitrogens with zero attached hydrogens (tertiary/aromatic N) is 2. The minimum Gasteiger partial charge on any atom is -0.378 e. The highest BCUT2D eigenvalue weighted by Crippen LogP contribution is 2.15. The molecule has 0 radical (unpaired) electrons. The van der Waals surface area contributed by atoms with E-state index < -0.39 is 0 Å². The lowest BCUT2D eigenvalue weighted by Gasteiger charge is -2.27. The van der Waals surface area contributed by atoms with Crippen LogP contribution in [-0.4, -0.2) is 62.2 Å². The first-order valence-electron chi connectivity index (χ1n) is 7.32. The van der Waals surface area contributed by atoms with E-state index in [4.69, 9.17) is 4.74 Å². The summed E-state index contributed by atoms with van der Waals surface area (Å²) in [4.78, 5) is 29.6. The smallest absolute Gasteiger partial charge is 0.243 e. The number of carbonyl (C=O) groups excluding carboxylic acids is 2. The van der Waals surface area contributed by atoms with Gasteiger partial charge in [-0.2, -0.15) is 0 Å². The fourth-order valence-electron chi connectivity index (χ4n) is 2.44. The zero-order valence-corrected chi connectivity index (χ0v) is 14.6. The van der Waals surface area contributed by atoms with Crippen molar-refractivity contribution >= 4 is 48.1 Å². The zero-order valence-electron chi connectivity index (χ0n) is 13.0. The monoisotopic (exact) mass is 377 g/mol. The van der Waals surface area contributed by atoms with E-state index in [0.29, 0.717) is 38.5 Å². The summed E-state index contributed by atoms with van der Waals surface area (Å²) in [7, 11) is 0. The molecule has 1 aromatic rings. The summed E-state index contributed by atoms with van der Waals surface area (Å²) >= 11 is 0. The lowest BCUT2D eigenvalue weighted by molar-refractivity contribution is -0.121. The van der Waals surface area contributed by atoms with Crippen LogP contribution >= 0.6 is 24.8 Å². The van der Waals surface area contributed by atoms with E-state index in [0.717, 1.165) is 12.4 Å². The molecule has 0 saturated carbocycles. The molecular formula is C14H21Cl2N5O3. The Morgan fingerprint density at radius 3 is 2.79 bits per heavy atom. The van der Waals surface area contributed by atoms with Gasteiger partial charge in [0.2, 0.25) is 11.8 Å². The van der Waals surface area contributed by atoms with Crippen LogP contribution in [0.2, 0.25) is 0 Å². The number of aromatic nitrogens is 1. The van der Waals surface area contributed by atoms with E-state index in [-0.39, 0.29) is 42.7 Å². The van der Waals surface area contributed by atoms with Crippen LogP contribution in [0, 0.1) is 0 Å². The number of pyridine rings is 1. The van der Waals surface area contributed by atoms with Crippen LogP contribution in [0.4, 0.5) is 11.5 Å². The molecule has 0 spiro atoms. The van der Waals surface area contributed by atoms with Crippen molar-refractivity contribution in [1.82, 2.24) is 15.6 Å². The molecule has 2 fully saturated rings. The van der Waals surface area contributed by atoms with Gasteiger partial charge in [0, 0.05) is 19.6 Å². The van der Waals surface area contributed by atoms with Crippen molar-refractivity contribution in [3.63, 3.8) is 0 Å². The molecule has 2 aliphatic rings. The minimum atomic E-state index is -0.334. The molecule has 134 valence electrons. The second-order valence-corrected chi connectivity index (χ2v) is 5.25. The Labute approximate surface area is 152 Å². The molecule has 2 aliphatic heterocycles. The molecule has 2 saturated heterocycles. The van der Waals surface area contributed by atoms with Gasteiger partial charge in [-0.3, -0.25) is 9.59 Å². The number of nitrogens with one attached hydrogen (secondary N) is 3. The molecular weight excluding hydrogens is 357 g/mol. The number of piperazine rings is 1. The van der Waals surface area contributed by atoms with E-state index in [2.05, 4.69) is 20.9 Å². The number of rotatable bonds is 3. The maximum Gasteiger partial charge on any atom is 0.243 e. The van der Waals surface area contributed by atoms with Crippen LogP contribution in [0.3, 0.4) is 0 Å². The summed E-state index contributed by atoms with van der Waals surface area (Å²) in [5, 5.41) is 8.68. The molecule has 10 heteroatoms. The molecule has 0 bridgehead atoms. The van der Waals surface area contributed by atoms with Crippen LogP contribution in [0.5, 0.6) is 0 Å². The van der Waals surface area contributed by atoms with Crippen molar-refractivity contribution in [3.05, 3.63) is 18.3 Å². The van der Waals surface area contributed by atoms with E-state index in [1.807, 2.05) is 4.90 Å². The predicted octanol–water partition coefficient (Wildman–Crippen LogP) is -0.212. The average Bonchev–Trinajstić information content (AvgIpc) is 2.56. The van der Waals surface area contributed by atoms with Crippen molar-refractivity contribution in [1.29, 1.82) is 0 Å². The fraction of sp³-hybridized carbons (Fsp3) is 0.500. The third-order valence-corrected chi connectivity index (χ3v) is 3.62. The van der Waals surface area contributed by atoms with Crippen molar-refractivity contribution in [2.45, 2.75) is 6.04 Å². The Balaban J connectivity index is 0.00000144. The van der Waals surface area contributed by atoms with E-state index in [1.165, 1.54) is 0 Å². The van der Waals surface area contributed by atoms with Gasteiger partial charge in [0.05, 0.1) is 31.6 Å². The number of anilines is 2. The number of morpholine rings is 1. The van der Waals surface area contributed by atoms with Crippen LogP contribution in [0.25, 0.3) is 0 Å². The van der Waals surface area contributed by atoms with Crippen LogP contribution in [0.15, 0.2) is 18.3 Å². The summed E-state index contributed by atoms with van der Waals surface area (Å²) < 4.78 is 5.27. The van der Waals surface area contributed by atoms with Gasteiger partial charge in [-0.1, -0.05) is 0 Å². The average molecular weight is 378 g/mol. The van der Waals surface area contributed by atoms with Crippen molar-refractivity contribution < 1.29 is 14.3 Å². The SMILES string of the molecule is Cl.Cl.O=C1CN(c2ccc(NC(=O)C3COCCN3)cn2)CCN1. The van der Waals surface area contributed by atoms with Crippen LogP contribution < -0.4 is 20.9 Å². The molecule has 3 N–H and O–H groups in total. The molecule has 24 heavy (non-hydrogen) atoms. The zero-order chi connectivity index (χ0) is 15.4. The molecule has 3 heterocycles. The molecule has 1 unspecified atom stereocenters. The van der Waals surface area contributed by atoms with E-state index in [1.54, 1.807) is 18.3 Å². The lowest BCUT2D eigenvalue weighted by Crippen LogP contribution is -2.49. The molecule has 2 amide bonds. The highest BCUT2D eigenvalue weighted by atomic mass is 35.5. The van der Waals surface area contributed by atoms with Crippen LogP contribution in [-0.2, 0) is 14.3 Å². The van der Waals surface area contributed by atoms with Crippen molar-refractivity contribution in [2.75, 3.05) is 49.6 Å². The first kappa shape index (κ1) is 20.4. The predicted molar refractivity (Wildman–Crippen MR) is 95.2 cm³/mol. The Kier molecular flexibility index (Phi) is 8.20. The Morgan fingerprint density at radius 1 is 1.33 bits per heavy atom. The van der Waals surface area contributed by atoms with Gasteiger partial charge in [-0.05, 0) is 12.1 Å². The number of amides is 2. The summed E-state index contributed by atoms with van der Waals surface area (Å²) in [6.07, 6.45) is 1.60. The Morgan fingerprint density at radius 2 is 2.17 bits per heavy atom. The summed E-state index contributed by atoms with van der Waals surface area (Å²) in [6.45, 7) is 3.33. The molecule has 3 rings (SSSR count). The normalized spacial score (nSPS) is 20.2. The van der Waals surface area contributed by atoms with Crippen LogP contribution in [0.1, 0.15) is 0 Å². The van der Waals surface area contributed by atoms with Crippen molar-refractivity contribution in [2.24, 2.45) is 0 Å². The number of halogens is 2. The Hall–Kier alpha value is -1.61. The first-order valence-corrected chi connectivity index (χ1v) is 7.32. The fourth-order valence-corrected chi connectivity index (χ4v) is 2.44. The van der Waals surface area contributed by atoms with Gasteiger partial charge in [0.15, 0.2) is 0 Å². The molecule has 0 aliphatic carbocycles. The maximum atomic E-state index is 12.1. The maximum absolute atomic E-state index is 12.1. The quantitative estimate of drug-likeness (QED) is 0.674. The summed E-state index contributed by atoms with van der Waals surface area (Å²) in [5.74, 6) is 0.590. The van der Waals surface area contributed by atoms with Gasteiger partial charge in [0.25, 0.3) is 0 Å². The van der Waals surface area contributed by atoms with Crippen molar-refractivity contribution in [3.8, 4) is 0 Å². The molecule has 1 atom stereocenters. The summed E-state index contributed by atoms with van der Waals surface area (Å²) in [5.41, 5.74) is 0.627. The topological polar surface area (TPSA) is 95.6 Å². The minimum absolute atomic E-state index is 0. The van der Waals surface area contributed by atoms with Gasteiger partial charge < -0.3 is 25.6 Å². The largest absolute Gasteiger partial charge is 0.378 e. The standard InChI is InChI=1S/C14H19N5O3.2ClH/c20-13-8-19(5-3-16-13)12-2-1-10(7-17-12)18-14(21)11-9-22-6-4-15-11;;/h1-2,7,11,15H,3-6,8-9H2,(H,16,20)(H,18,21);2*1H. The summed E-state index contributed by atoms with van der Waals surface area (Å²) in [6, 6.07) is 3.26. The molecule has 8 nitrogen and oxygen atoms in total.